The maximum Gasteiger partial charge on any atom is 0.205 e. The lowest BCUT2D eigenvalue weighted by Gasteiger charge is -2.27. The minimum atomic E-state index is 0. The SMILES string of the molecule is CN(CC1CCCCN1)c1nc2ncccc2[nH]1.Cl. The molecule has 3 heterocycles. The second-order valence-corrected chi connectivity index (χ2v) is 4.96. The third-order valence-electron chi connectivity index (χ3n) is 3.51. The van der Waals surface area contributed by atoms with Crippen LogP contribution in [-0.4, -0.2) is 41.1 Å². The van der Waals surface area contributed by atoms with E-state index in [1.54, 1.807) is 6.20 Å². The minimum Gasteiger partial charge on any atom is -0.344 e. The molecule has 0 bridgehead atoms. The summed E-state index contributed by atoms with van der Waals surface area (Å²) in [5.74, 6) is 0.899. The van der Waals surface area contributed by atoms with Crippen molar-refractivity contribution in [1.82, 2.24) is 20.3 Å². The molecular weight excluding hydrogens is 262 g/mol. The molecular formula is C13H20ClN5. The first kappa shape index (κ1) is 14.1. The van der Waals surface area contributed by atoms with Crippen LogP contribution in [0.1, 0.15) is 19.3 Å². The van der Waals surface area contributed by atoms with Crippen LogP contribution in [0.5, 0.6) is 0 Å². The summed E-state index contributed by atoms with van der Waals surface area (Å²) in [4.78, 5) is 14.2. The van der Waals surface area contributed by atoms with Crippen molar-refractivity contribution in [3.63, 3.8) is 0 Å². The summed E-state index contributed by atoms with van der Waals surface area (Å²) in [6, 6.07) is 4.50. The van der Waals surface area contributed by atoms with E-state index in [1.807, 2.05) is 12.1 Å². The van der Waals surface area contributed by atoms with Crippen molar-refractivity contribution in [3.05, 3.63) is 18.3 Å². The number of rotatable bonds is 3. The number of nitrogens with one attached hydrogen (secondary N) is 2. The van der Waals surface area contributed by atoms with Crippen LogP contribution in [0.25, 0.3) is 11.2 Å². The first-order chi connectivity index (χ1) is 8.83. The lowest BCUT2D eigenvalue weighted by Crippen LogP contribution is -2.42. The van der Waals surface area contributed by atoms with Crippen LogP contribution in [0.3, 0.4) is 0 Å². The summed E-state index contributed by atoms with van der Waals surface area (Å²) in [6.45, 7) is 2.13. The summed E-state index contributed by atoms with van der Waals surface area (Å²) in [5.41, 5.74) is 1.78. The number of likely N-dealkylation sites (N-methyl/N-ethyl adjacent to an activating group) is 1. The molecule has 1 aliphatic rings. The zero-order chi connectivity index (χ0) is 12.4. The van der Waals surface area contributed by atoms with Crippen molar-refractivity contribution in [1.29, 1.82) is 0 Å². The molecule has 1 atom stereocenters. The number of nitrogens with zero attached hydrogens (tertiary/aromatic N) is 3. The van der Waals surface area contributed by atoms with Crippen LogP contribution < -0.4 is 10.2 Å². The average molecular weight is 282 g/mol. The van der Waals surface area contributed by atoms with E-state index >= 15 is 0 Å². The standard InChI is InChI=1S/C13H19N5.ClH/c1-18(9-10-5-2-3-7-14-10)13-16-11-6-4-8-15-12(11)17-13;/h4,6,8,10,14H,2-3,5,7,9H2,1H3,(H,15,16,17);1H. The van der Waals surface area contributed by atoms with Gasteiger partial charge in [-0.1, -0.05) is 6.42 Å². The van der Waals surface area contributed by atoms with Crippen LogP contribution in [0.15, 0.2) is 18.3 Å². The lowest BCUT2D eigenvalue weighted by molar-refractivity contribution is 0.402. The highest BCUT2D eigenvalue weighted by molar-refractivity contribution is 5.85. The Bertz CT molecular complexity index is 487. The summed E-state index contributed by atoms with van der Waals surface area (Å²) in [7, 11) is 2.08. The molecule has 0 aromatic carbocycles. The van der Waals surface area contributed by atoms with Gasteiger partial charge in [0.25, 0.3) is 0 Å². The van der Waals surface area contributed by atoms with Crippen molar-refractivity contribution in [2.24, 2.45) is 0 Å². The highest BCUT2D eigenvalue weighted by atomic mass is 35.5. The smallest absolute Gasteiger partial charge is 0.205 e. The van der Waals surface area contributed by atoms with Crippen molar-refractivity contribution >= 4 is 29.5 Å². The largest absolute Gasteiger partial charge is 0.344 e. The molecule has 3 rings (SSSR count). The number of hydrogen-bond acceptors (Lipinski definition) is 4. The Labute approximate surface area is 119 Å². The third kappa shape index (κ3) is 3.16. The lowest BCUT2D eigenvalue weighted by atomic mass is 10.1. The Kier molecular flexibility index (Phi) is 4.61. The first-order valence-corrected chi connectivity index (χ1v) is 6.58. The summed E-state index contributed by atoms with van der Waals surface area (Å²) in [5, 5.41) is 3.55. The number of fused-ring (bicyclic) bond motifs is 1. The number of hydrogen-bond donors (Lipinski definition) is 2. The van der Waals surface area contributed by atoms with Crippen LogP contribution in [0, 0.1) is 0 Å². The van der Waals surface area contributed by atoms with Gasteiger partial charge in [-0.25, -0.2) is 4.98 Å². The molecule has 2 aromatic rings. The number of anilines is 1. The van der Waals surface area contributed by atoms with Gasteiger partial charge in [0.2, 0.25) is 5.95 Å². The third-order valence-corrected chi connectivity index (χ3v) is 3.51. The van der Waals surface area contributed by atoms with Crippen molar-refractivity contribution in [3.8, 4) is 0 Å². The van der Waals surface area contributed by atoms with Crippen molar-refractivity contribution in [2.45, 2.75) is 25.3 Å². The van der Waals surface area contributed by atoms with Gasteiger partial charge in [0, 0.05) is 25.8 Å². The van der Waals surface area contributed by atoms with Gasteiger partial charge in [-0.05, 0) is 31.5 Å². The fourth-order valence-corrected chi connectivity index (χ4v) is 2.51. The number of imidazole rings is 1. The first-order valence-electron chi connectivity index (χ1n) is 6.58. The molecule has 1 saturated heterocycles. The Morgan fingerprint density at radius 2 is 2.32 bits per heavy atom. The molecule has 0 amide bonds. The average Bonchev–Trinajstić information content (AvgIpc) is 2.84. The van der Waals surface area contributed by atoms with Crippen LogP contribution in [0.4, 0.5) is 5.95 Å². The Morgan fingerprint density at radius 3 is 3.05 bits per heavy atom. The molecule has 0 aliphatic carbocycles. The summed E-state index contributed by atoms with van der Waals surface area (Å²) in [6.07, 6.45) is 5.65. The molecule has 0 radical (unpaired) electrons. The van der Waals surface area contributed by atoms with Gasteiger partial charge in [0.1, 0.15) is 0 Å². The predicted octanol–water partition coefficient (Wildman–Crippen LogP) is 1.96. The Hall–Kier alpha value is -1.33. The normalized spacial score (nSPS) is 19.1. The second kappa shape index (κ2) is 6.21. The minimum absolute atomic E-state index is 0. The van der Waals surface area contributed by atoms with E-state index in [1.165, 1.54) is 19.3 Å². The molecule has 1 aliphatic heterocycles. The van der Waals surface area contributed by atoms with Gasteiger partial charge >= 0.3 is 0 Å². The molecule has 6 heteroatoms. The number of aromatic amines is 1. The highest BCUT2D eigenvalue weighted by Gasteiger charge is 2.16. The molecule has 104 valence electrons. The summed E-state index contributed by atoms with van der Waals surface area (Å²) < 4.78 is 0. The van der Waals surface area contributed by atoms with E-state index in [9.17, 15) is 0 Å². The number of piperidine rings is 1. The van der Waals surface area contributed by atoms with E-state index in [0.29, 0.717) is 6.04 Å². The maximum absolute atomic E-state index is 4.51. The van der Waals surface area contributed by atoms with Gasteiger partial charge in [-0.2, -0.15) is 4.98 Å². The van der Waals surface area contributed by atoms with Crippen molar-refractivity contribution in [2.75, 3.05) is 25.0 Å². The fraction of sp³-hybridized carbons (Fsp3) is 0.538. The maximum atomic E-state index is 4.51. The Balaban J connectivity index is 0.00000133. The molecule has 1 fully saturated rings. The van der Waals surface area contributed by atoms with Gasteiger partial charge in [0.15, 0.2) is 5.65 Å². The van der Waals surface area contributed by atoms with Crippen LogP contribution >= 0.6 is 12.4 Å². The van der Waals surface area contributed by atoms with Gasteiger partial charge < -0.3 is 15.2 Å². The quantitative estimate of drug-likeness (QED) is 0.903. The predicted molar refractivity (Wildman–Crippen MR) is 80.0 cm³/mol. The molecule has 5 nitrogen and oxygen atoms in total. The van der Waals surface area contributed by atoms with Crippen LogP contribution in [0.2, 0.25) is 0 Å². The molecule has 19 heavy (non-hydrogen) atoms. The monoisotopic (exact) mass is 281 g/mol. The summed E-state index contributed by atoms with van der Waals surface area (Å²) >= 11 is 0. The van der Waals surface area contributed by atoms with Gasteiger partial charge in [0.05, 0.1) is 5.52 Å². The molecule has 0 spiro atoms. The van der Waals surface area contributed by atoms with Crippen molar-refractivity contribution < 1.29 is 0 Å². The number of H-pyrrole nitrogens is 1. The fourth-order valence-electron chi connectivity index (χ4n) is 2.51. The van der Waals surface area contributed by atoms with Gasteiger partial charge in [-0.3, -0.25) is 0 Å². The highest BCUT2D eigenvalue weighted by Crippen LogP contribution is 2.15. The number of aromatic nitrogens is 3. The molecule has 0 saturated carbocycles. The zero-order valence-electron chi connectivity index (χ0n) is 11.1. The van der Waals surface area contributed by atoms with E-state index in [0.717, 1.165) is 30.2 Å². The zero-order valence-corrected chi connectivity index (χ0v) is 11.9. The van der Waals surface area contributed by atoms with Crippen LogP contribution in [-0.2, 0) is 0 Å². The molecule has 1 unspecified atom stereocenters. The Morgan fingerprint density at radius 1 is 1.42 bits per heavy atom. The molecule has 2 N–H and O–H groups in total. The number of pyridine rings is 1. The van der Waals surface area contributed by atoms with Gasteiger partial charge in [-0.15, -0.1) is 12.4 Å². The second-order valence-electron chi connectivity index (χ2n) is 4.96. The molecule has 2 aromatic heterocycles. The van der Waals surface area contributed by atoms with E-state index in [-0.39, 0.29) is 12.4 Å². The number of halogens is 1. The van der Waals surface area contributed by atoms with E-state index in [4.69, 9.17) is 0 Å². The van der Waals surface area contributed by atoms with E-state index in [2.05, 4.69) is 32.2 Å². The topological polar surface area (TPSA) is 56.8 Å². The van der Waals surface area contributed by atoms with E-state index < -0.39 is 0 Å².